The zero-order valence-electron chi connectivity index (χ0n) is 14.5. The van der Waals surface area contributed by atoms with Crippen molar-refractivity contribution in [3.63, 3.8) is 0 Å². The molecular weight excluding hydrogens is 256 g/mol. The Hall–Kier alpha value is -0.560. The molecule has 0 spiro atoms. The van der Waals surface area contributed by atoms with Gasteiger partial charge in [0.1, 0.15) is 0 Å². The van der Waals surface area contributed by atoms with Crippen LogP contribution >= 0.6 is 0 Å². The summed E-state index contributed by atoms with van der Waals surface area (Å²) in [7, 11) is 0. The first-order valence-corrected chi connectivity index (χ1v) is 8.70. The van der Waals surface area contributed by atoms with Crippen LogP contribution in [-0.4, -0.2) is 10.7 Å². The molecule has 1 N–H and O–H groups in total. The molecule has 0 aromatic carbocycles. The smallest absolute Gasteiger partial charge is 0.0797 e. The molecule has 0 saturated heterocycles. The Balaban J connectivity index is 2.25. The molecule has 0 aromatic heterocycles. The Morgan fingerprint density at radius 1 is 1.33 bits per heavy atom. The Bertz CT molecular complexity index is 422. The lowest BCUT2D eigenvalue weighted by molar-refractivity contribution is -0.0930. The van der Waals surface area contributed by atoms with Gasteiger partial charge in [-0.25, -0.2) is 0 Å². The third-order valence-electron chi connectivity index (χ3n) is 7.33. The van der Waals surface area contributed by atoms with Gasteiger partial charge in [0.2, 0.25) is 0 Å². The van der Waals surface area contributed by atoms with Crippen LogP contribution in [0.1, 0.15) is 72.6 Å². The van der Waals surface area contributed by atoms with E-state index in [0.29, 0.717) is 16.7 Å². The van der Waals surface area contributed by atoms with E-state index in [1.807, 2.05) is 6.92 Å². The topological polar surface area (TPSA) is 20.2 Å². The zero-order chi connectivity index (χ0) is 15.9. The summed E-state index contributed by atoms with van der Waals surface area (Å²) in [6.07, 6.45) is 9.99. The average Bonchev–Trinajstić information content (AvgIpc) is 2.42. The first-order chi connectivity index (χ1) is 9.66. The normalized spacial score (nSPS) is 43.0. The summed E-state index contributed by atoms with van der Waals surface area (Å²) in [5, 5.41) is 10.3. The molecule has 2 unspecified atom stereocenters. The lowest BCUT2D eigenvalue weighted by atomic mass is 9.43. The number of allylic oxidation sites excluding steroid dienone is 1. The van der Waals surface area contributed by atoms with Crippen molar-refractivity contribution in [2.75, 3.05) is 0 Å². The van der Waals surface area contributed by atoms with Crippen molar-refractivity contribution in [1.82, 2.24) is 0 Å². The van der Waals surface area contributed by atoms with E-state index in [0.717, 1.165) is 25.2 Å². The van der Waals surface area contributed by atoms with Gasteiger partial charge in [-0.3, -0.25) is 0 Å². The summed E-state index contributed by atoms with van der Waals surface area (Å²) in [4.78, 5) is 0. The molecule has 5 atom stereocenters. The third kappa shape index (κ3) is 2.74. The highest BCUT2D eigenvalue weighted by Crippen LogP contribution is 2.65. The van der Waals surface area contributed by atoms with Crippen LogP contribution in [0.2, 0.25) is 0 Å². The Morgan fingerprint density at radius 2 is 2.00 bits per heavy atom. The minimum atomic E-state index is -0.745. The monoisotopic (exact) mass is 290 g/mol. The van der Waals surface area contributed by atoms with Crippen LogP contribution in [0.25, 0.3) is 0 Å². The van der Waals surface area contributed by atoms with Crippen LogP contribution in [0.3, 0.4) is 0 Å². The molecule has 2 aliphatic rings. The van der Waals surface area contributed by atoms with E-state index >= 15 is 0 Å². The largest absolute Gasteiger partial charge is 0.386 e. The zero-order valence-corrected chi connectivity index (χ0v) is 14.5. The fourth-order valence-corrected chi connectivity index (χ4v) is 5.15. The Labute approximate surface area is 131 Å². The average molecular weight is 290 g/mol. The summed E-state index contributed by atoms with van der Waals surface area (Å²) in [5.74, 6) is 1.34. The van der Waals surface area contributed by atoms with Gasteiger partial charge in [0.25, 0.3) is 0 Å². The maximum absolute atomic E-state index is 10.3. The minimum Gasteiger partial charge on any atom is -0.386 e. The molecule has 2 saturated carbocycles. The number of fused-ring (bicyclic) bond motifs is 1. The van der Waals surface area contributed by atoms with Crippen LogP contribution in [0.4, 0.5) is 0 Å². The van der Waals surface area contributed by atoms with Crippen molar-refractivity contribution < 1.29 is 5.11 Å². The van der Waals surface area contributed by atoms with Crippen molar-refractivity contribution in [1.29, 1.82) is 0 Å². The van der Waals surface area contributed by atoms with E-state index in [9.17, 15) is 5.11 Å². The Morgan fingerprint density at radius 3 is 2.62 bits per heavy atom. The molecule has 0 radical (unpaired) electrons. The summed E-state index contributed by atoms with van der Waals surface area (Å²) in [6.45, 7) is 17.5. The van der Waals surface area contributed by atoms with E-state index < -0.39 is 5.60 Å². The summed E-state index contributed by atoms with van der Waals surface area (Å²) in [5.41, 5.74) is 1.45. The molecule has 2 aliphatic carbocycles. The number of rotatable bonds is 4. The van der Waals surface area contributed by atoms with Gasteiger partial charge in [-0.2, -0.15) is 0 Å². The van der Waals surface area contributed by atoms with Gasteiger partial charge in [-0.1, -0.05) is 51.8 Å². The molecule has 1 nitrogen and oxygen atoms in total. The molecule has 0 bridgehead atoms. The van der Waals surface area contributed by atoms with Gasteiger partial charge >= 0.3 is 0 Å². The maximum atomic E-state index is 10.3. The van der Waals surface area contributed by atoms with Crippen LogP contribution in [0.5, 0.6) is 0 Å². The summed E-state index contributed by atoms with van der Waals surface area (Å²) in [6, 6.07) is 0. The fourth-order valence-electron chi connectivity index (χ4n) is 5.15. The van der Waals surface area contributed by atoms with Gasteiger partial charge in [0.05, 0.1) is 5.60 Å². The standard InChI is InChI=1S/C20H34O/c1-7-18(4,21)13-11-17-15(2)10-14-19(5)16(3)9-8-12-20(17,19)6/h7,16-17,21H,1-2,8-14H2,3-6H3/t16-,17?,18?,19+,20+/m0/s1. The van der Waals surface area contributed by atoms with Crippen molar-refractivity contribution in [3.05, 3.63) is 24.8 Å². The van der Waals surface area contributed by atoms with Crippen molar-refractivity contribution >= 4 is 0 Å². The van der Waals surface area contributed by atoms with E-state index in [1.165, 1.54) is 31.3 Å². The van der Waals surface area contributed by atoms with Crippen LogP contribution in [0, 0.1) is 22.7 Å². The van der Waals surface area contributed by atoms with Crippen LogP contribution < -0.4 is 0 Å². The molecule has 0 aromatic rings. The highest BCUT2D eigenvalue weighted by atomic mass is 16.3. The van der Waals surface area contributed by atoms with E-state index in [2.05, 4.69) is 33.9 Å². The Kier molecular flexibility index (Phi) is 4.46. The predicted octanol–water partition coefficient (Wildman–Crippen LogP) is 5.50. The maximum Gasteiger partial charge on any atom is 0.0797 e. The highest BCUT2D eigenvalue weighted by Gasteiger charge is 2.56. The quantitative estimate of drug-likeness (QED) is 0.678. The molecule has 1 heteroatoms. The van der Waals surface area contributed by atoms with Gasteiger partial charge in [-0.15, -0.1) is 6.58 Å². The molecular formula is C20H34O. The first-order valence-electron chi connectivity index (χ1n) is 8.70. The summed E-state index contributed by atoms with van der Waals surface area (Å²) >= 11 is 0. The van der Waals surface area contributed by atoms with Gasteiger partial charge in [0.15, 0.2) is 0 Å². The molecule has 120 valence electrons. The molecule has 0 amide bonds. The van der Waals surface area contributed by atoms with Crippen molar-refractivity contribution in [3.8, 4) is 0 Å². The molecule has 2 rings (SSSR count). The van der Waals surface area contributed by atoms with E-state index in [4.69, 9.17) is 0 Å². The molecule has 21 heavy (non-hydrogen) atoms. The second kappa shape index (κ2) is 5.57. The summed E-state index contributed by atoms with van der Waals surface area (Å²) < 4.78 is 0. The number of aliphatic hydroxyl groups is 1. The molecule has 0 heterocycles. The predicted molar refractivity (Wildman–Crippen MR) is 91.1 cm³/mol. The first kappa shape index (κ1) is 16.8. The lowest BCUT2D eigenvalue weighted by Gasteiger charge is -2.61. The van der Waals surface area contributed by atoms with Crippen LogP contribution in [-0.2, 0) is 0 Å². The second-order valence-electron chi connectivity index (χ2n) is 8.44. The molecule has 0 aliphatic heterocycles. The third-order valence-corrected chi connectivity index (χ3v) is 7.33. The number of hydrogen-bond acceptors (Lipinski definition) is 1. The fraction of sp³-hybridized carbons (Fsp3) is 0.800. The highest BCUT2D eigenvalue weighted by molar-refractivity contribution is 5.18. The SMILES string of the molecule is C=CC(C)(O)CCC1C(=C)CC[C@]2(C)[C@@H](C)CCC[C@]12C. The number of hydrogen-bond donors (Lipinski definition) is 1. The second-order valence-corrected chi connectivity index (χ2v) is 8.44. The van der Waals surface area contributed by atoms with E-state index in [-0.39, 0.29) is 0 Å². The minimum absolute atomic E-state index is 0.344. The molecule has 2 fully saturated rings. The van der Waals surface area contributed by atoms with Gasteiger partial charge < -0.3 is 5.11 Å². The lowest BCUT2D eigenvalue weighted by Crippen LogP contribution is -2.53. The van der Waals surface area contributed by atoms with Crippen LogP contribution in [0.15, 0.2) is 24.8 Å². The van der Waals surface area contributed by atoms with Gasteiger partial charge in [0, 0.05) is 0 Å². The van der Waals surface area contributed by atoms with Crippen molar-refractivity contribution in [2.24, 2.45) is 22.7 Å². The van der Waals surface area contributed by atoms with Crippen molar-refractivity contribution in [2.45, 2.75) is 78.2 Å². The van der Waals surface area contributed by atoms with E-state index in [1.54, 1.807) is 6.08 Å². The van der Waals surface area contributed by atoms with Gasteiger partial charge in [-0.05, 0) is 61.7 Å².